The fourth-order valence-corrected chi connectivity index (χ4v) is 2.99. The van der Waals surface area contributed by atoms with Crippen molar-refractivity contribution in [2.24, 2.45) is 0 Å². The summed E-state index contributed by atoms with van der Waals surface area (Å²) in [4.78, 5) is 12.7. The number of ether oxygens (including phenoxy) is 2. The minimum atomic E-state index is -0.305. The molecule has 0 spiro atoms. The van der Waals surface area contributed by atoms with Gasteiger partial charge in [-0.2, -0.15) is 0 Å². The van der Waals surface area contributed by atoms with E-state index in [0.717, 1.165) is 17.1 Å². The lowest BCUT2D eigenvalue weighted by Crippen LogP contribution is -2.42. The summed E-state index contributed by atoms with van der Waals surface area (Å²) >= 11 is 0. The number of hydrogen-bond acceptors (Lipinski definition) is 4. The first-order chi connectivity index (χ1) is 14.1. The van der Waals surface area contributed by atoms with Crippen molar-refractivity contribution in [3.05, 3.63) is 96.1 Å². The first-order valence-corrected chi connectivity index (χ1v) is 9.86. The van der Waals surface area contributed by atoms with Crippen molar-refractivity contribution in [2.75, 3.05) is 6.61 Å². The molecule has 0 saturated heterocycles. The van der Waals surface area contributed by atoms with Gasteiger partial charge in [-0.3, -0.25) is 4.79 Å². The molecule has 0 unspecified atom stereocenters. The highest BCUT2D eigenvalue weighted by Crippen LogP contribution is 2.16. The zero-order valence-corrected chi connectivity index (χ0v) is 16.9. The predicted octanol–water partition coefficient (Wildman–Crippen LogP) is 4.89. The summed E-state index contributed by atoms with van der Waals surface area (Å²) in [7, 11) is 0. The Morgan fingerprint density at radius 2 is 1.38 bits per heavy atom. The number of para-hydroxylation sites is 1. The molecule has 2 atom stereocenters. The molecule has 3 rings (SSSR count). The van der Waals surface area contributed by atoms with Gasteiger partial charge < -0.3 is 14.8 Å². The molecule has 0 aromatic heterocycles. The normalized spacial score (nSPS) is 12.8. The van der Waals surface area contributed by atoms with Crippen molar-refractivity contribution in [1.29, 1.82) is 0 Å². The van der Waals surface area contributed by atoms with Crippen molar-refractivity contribution >= 4 is 5.78 Å². The van der Waals surface area contributed by atoms with Gasteiger partial charge in [-0.25, -0.2) is 0 Å². The van der Waals surface area contributed by atoms with E-state index in [1.54, 1.807) is 0 Å². The van der Waals surface area contributed by atoms with Gasteiger partial charge in [0.1, 0.15) is 24.7 Å². The molecule has 4 heteroatoms. The van der Waals surface area contributed by atoms with Crippen molar-refractivity contribution in [2.45, 2.75) is 32.5 Å². The summed E-state index contributed by atoms with van der Waals surface area (Å²) in [5, 5.41) is 3.30. The Labute approximate surface area is 172 Å². The van der Waals surface area contributed by atoms with E-state index in [1.807, 2.05) is 98.8 Å². The highest BCUT2D eigenvalue weighted by molar-refractivity contribution is 5.99. The van der Waals surface area contributed by atoms with Gasteiger partial charge in [0.2, 0.25) is 0 Å². The van der Waals surface area contributed by atoms with Crippen LogP contribution in [0.4, 0.5) is 0 Å². The van der Waals surface area contributed by atoms with E-state index in [4.69, 9.17) is 9.47 Å². The highest BCUT2D eigenvalue weighted by atomic mass is 16.5. The van der Waals surface area contributed by atoms with Crippen LogP contribution in [0.25, 0.3) is 0 Å². The van der Waals surface area contributed by atoms with Crippen LogP contribution in [0, 0.1) is 0 Å². The summed E-state index contributed by atoms with van der Waals surface area (Å²) < 4.78 is 11.5. The first kappa shape index (κ1) is 20.6. The van der Waals surface area contributed by atoms with Crippen molar-refractivity contribution < 1.29 is 14.3 Å². The molecule has 3 aromatic carbocycles. The van der Waals surface area contributed by atoms with Gasteiger partial charge in [0.15, 0.2) is 5.78 Å². The average Bonchev–Trinajstić information content (AvgIpc) is 2.77. The minimum absolute atomic E-state index is 0.0441. The fourth-order valence-electron chi connectivity index (χ4n) is 2.99. The molecule has 0 bridgehead atoms. The van der Waals surface area contributed by atoms with Crippen molar-refractivity contribution in [1.82, 2.24) is 5.32 Å². The van der Waals surface area contributed by atoms with Crippen LogP contribution >= 0.6 is 0 Å². The minimum Gasteiger partial charge on any atom is -0.492 e. The Hall–Kier alpha value is -3.11. The Kier molecular flexibility index (Phi) is 7.42. The van der Waals surface area contributed by atoms with Gasteiger partial charge in [-0.05, 0) is 55.8 Å². The third kappa shape index (κ3) is 6.47. The van der Waals surface area contributed by atoms with E-state index >= 15 is 0 Å². The summed E-state index contributed by atoms with van der Waals surface area (Å²) in [6.45, 7) is 4.88. The third-order valence-corrected chi connectivity index (χ3v) is 4.56. The van der Waals surface area contributed by atoms with Gasteiger partial charge >= 0.3 is 0 Å². The number of Topliss-reactive ketones (excluding diaryl/α,β-unsaturated/α-hetero) is 1. The number of nitrogens with one attached hydrogen (secondary N) is 1. The fraction of sp³-hybridized carbons (Fsp3) is 0.240. The Morgan fingerprint density at radius 1 is 0.793 bits per heavy atom. The molecule has 150 valence electrons. The molecule has 0 amide bonds. The smallest absolute Gasteiger partial charge is 0.179 e. The molecule has 29 heavy (non-hydrogen) atoms. The molecule has 0 aliphatic rings. The van der Waals surface area contributed by atoms with Crippen molar-refractivity contribution in [3.8, 4) is 11.5 Å². The standard InChI is InChI=1S/C25H27NO3/c1-19(17-28-23-11-7-4-8-12-23)26-20(2)25(27)22-13-15-24(16-14-22)29-18-21-9-5-3-6-10-21/h3-16,19-20,26H,17-18H2,1-2H3/t19-,20+/m0/s1. The lowest BCUT2D eigenvalue weighted by molar-refractivity contribution is 0.0940. The quantitative estimate of drug-likeness (QED) is 0.501. The van der Waals surface area contributed by atoms with Gasteiger partial charge in [0, 0.05) is 11.6 Å². The third-order valence-electron chi connectivity index (χ3n) is 4.56. The van der Waals surface area contributed by atoms with E-state index in [-0.39, 0.29) is 17.9 Å². The molecule has 0 fully saturated rings. The van der Waals surface area contributed by atoms with Gasteiger partial charge in [-0.1, -0.05) is 48.5 Å². The van der Waals surface area contributed by atoms with Gasteiger partial charge in [-0.15, -0.1) is 0 Å². The molecule has 0 aliphatic heterocycles. The van der Waals surface area contributed by atoms with E-state index in [1.165, 1.54) is 0 Å². The number of hydrogen-bond donors (Lipinski definition) is 1. The van der Waals surface area contributed by atoms with Crippen LogP contribution in [0.15, 0.2) is 84.9 Å². The lowest BCUT2D eigenvalue weighted by atomic mass is 10.0. The van der Waals surface area contributed by atoms with Crippen LogP contribution in [0.3, 0.4) is 0 Å². The van der Waals surface area contributed by atoms with E-state index in [9.17, 15) is 4.79 Å². The molecule has 1 N–H and O–H groups in total. The number of carbonyl (C=O) groups is 1. The lowest BCUT2D eigenvalue weighted by Gasteiger charge is -2.20. The van der Waals surface area contributed by atoms with Gasteiger partial charge in [0.05, 0.1) is 6.04 Å². The molecule has 0 aliphatic carbocycles. The van der Waals surface area contributed by atoms with Crippen LogP contribution in [0.2, 0.25) is 0 Å². The Bertz CT molecular complexity index is 879. The van der Waals surface area contributed by atoms with Crippen LogP contribution in [-0.2, 0) is 6.61 Å². The average molecular weight is 389 g/mol. The largest absolute Gasteiger partial charge is 0.492 e. The summed E-state index contributed by atoms with van der Waals surface area (Å²) in [5.74, 6) is 1.62. The zero-order valence-electron chi connectivity index (χ0n) is 16.9. The maximum Gasteiger partial charge on any atom is 0.179 e. The van der Waals surface area contributed by atoms with Gasteiger partial charge in [0.25, 0.3) is 0 Å². The summed E-state index contributed by atoms with van der Waals surface area (Å²) in [6.07, 6.45) is 0. The number of carbonyl (C=O) groups excluding carboxylic acids is 1. The van der Waals surface area contributed by atoms with E-state index in [2.05, 4.69) is 5.32 Å². The molecule has 0 radical (unpaired) electrons. The molecule has 4 nitrogen and oxygen atoms in total. The highest BCUT2D eigenvalue weighted by Gasteiger charge is 2.17. The van der Waals surface area contributed by atoms with Crippen LogP contribution < -0.4 is 14.8 Å². The molecule has 3 aromatic rings. The zero-order chi connectivity index (χ0) is 20.5. The Balaban J connectivity index is 1.47. The SMILES string of the molecule is C[C@@H](COc1ccccc1)N[C@H](C)C(=O)c1ccc(OCc2ccccc2)cc1. The van der Waals surface area contributed by atoms with Crippen molar-refractivity contribution in [3.63, 3.8) is 0 Å². The maximum absolute atomic E-state index is 12.7. The molecule has 0 saturated carbocycles. The van der Waals surface area contributed by atoms with E-state index < -0.39 is 0 Å². The van der Waals surface area contributed by atoms with Crippen LogP contribution in [-0.4, -0.2) is 24.5 Å². The maximum atomic E-state index is 12.7. The van der Waals surface area contributed by atoms with Crippen LogP contribution in [0.1, 0.15) is 29.8 Å². The summed E-state index contributed by atoms with van der Waals surface area (Å²) in [6, 6.07) is 26.7. The molecular formula is C25H27NO3. The second-order valence-electron chi connectivity index (χ2n) is 7.08. The Morgan fingerprint density at radius 3 is 2.03 bits per heavy atom. The topological polar surface area (TPSA) is 47.6 Å². The first-order valence-electron chi connectivity index (χ1n) is 9.86. The molecule has 0 heterocycles. The monoisotopic (exact) mass is 389 g/mol. The summed E-state index contributed by atoms with van der Waals surface area (Å²) in [5.41, 5.74) is 1.77. The predicted molar refractivity (Wildman–Crippen MR) is 116 cm³/mol. The van der Waals surface area contributed by atoms with Crippen LogP contribution in [0.5, 0.6) is 11.5 Å². The number of ketones is 1. The number of benzene rings is 3. The molecular weight excluding hydrogens is 362 g/mol. The second-order valence-corrected chi connectivity index (χ2v) is 7.08. The van der Waals surface area contributed by atoms with E-state index in [0.29, 0.717) is 18.8 Å². The number of rotatable bonds is 10. The second kappa shape index (κ2) is 10.4.